The predicted octanol–water partition coefficient (Wildman–Crippen LogP) is 7.95. The van der Waals surface area contributed by atoms with E-state index in [1.54, 1.807) is 14.0 Å². The van der Waals surface area contributed by atoms with Gasteiger partial charge in [0.15, 0.2) is 5.82 Å². The standard InChI is InChI=1S/C38H39N5O4/c1-22-39-37(47-42-22)26-11-10-24-20-33(40-30(24)18-26)38(2,3)41-36(44)25-12-14-28-31(19-25)43-16-17-46-32-21-27(45-4)13-15-29(32)35(43)34(28)23-8-6-5-7-9-23/h10-15,18-19,21,23H,5-9,16-17,20H2,1-4H3,(H,41,44). The molecule has 0 saturated heterocycles. The number of aliphatic imine (C=N–C) groups is 1. The minimum Gasteiger partial charge on any atom is -0.497 e. The van der Waals surface area contributed by atoms with Crippen molar-refractivity contribution in [2.75, 3.05) is 13.7 Å². The normalized spacial score (nSPS) is 16.1. The number of aryl methyl sites for hydroxylation is 1. The highest BCUT2D eigenvalue weighted by Gasteiger charge is 2.33. The summed E-state index contributed by atoms with van der Waals surface area (Å²) in [7, 11) is 1.68. The zero-order valence-corrected chi connectivity index (χ0v) is 27.4. The fourth-order valence-electron chi connectivity index (χ4n) is 7.56. The van der Waals surface area contributed by atoms with Crippen molar-refractivity contribution in [3.8, 4) is 34.2 Å². The molecular weight excluding hydrogens is 590 g/mol. The summed E-state index contributed by atoms with van der Waals surface area (Å²) in [6.45, 7) is 7.07. The van der Waals surface area contributed by atoms with E-state index in [0.717, 1.165) is 45.1 Å². The molecule has 0 spiro atoms. The Morgan fingerprint density at radius 2 is 1.89 bits per heavy atom. The molecule has 47 heavy (non-hydrogen) atoms. The van der Waals surface area contributed by atoms with Gasteiger partial charge in [0.25, 0.3) is 11.8 Å². The smallest absolute Gasteiger partial charge is 0.257 e. The molecule has 1 fully saturated rings. The molecular formula is C38H39N5O4. The molecule has 9 nitrogen and oxygen atoms in total. The lowest BCUT2D eigenvalue weighted by Gasteiger charge is -2.26. The summed E-state index contributed by atoms with van der Waals surface area (Å²) in [5.41, 5.74) is 8.43. The number of aromatic nitrogens is 3. The van der Waals surface area contributed by atoms with E-state index in [1.165, 1.54) is 48.7 Å². The number of hydrogen-bond acceptors (Lipinski definition) is 7. The lowest BCUT2D eigenvalue weighted by molar-refractivity contribution is 0.0931. The quantitative estimate of drug-likeness (QED) is 0.204. The third-order valence-electron chi connectivity index (χ3n) is 10.0. The lowest BCUT2D eigenvalue weighted by atomic mass is 9.81. The molecule has 3 aliphatic rings. The SMILES string of the molecule is COc1ccc2c(c1)OCCn1c-2c(C2CCCCC2)c2ccc(C(=O)NC(C)(C)C3=Nc4cc(-c5nc(C)no5)ccc4C3)cc21. The van der Waals surface area contributed by atoms with Crippen molar-refractivity contribution in [1.82, 2.24) is 20.0 Å². The molecule has 5 aromatic rings. The number of nitrogens with zero attached hydrogens (tertiary/aromatic N) is 4. The van der Waals surface area contributed by atoms with Crippen LogP contribution in [0.1, 0.15) is 79.2 Å². The highest BCUT2D eigenvalue weighted by molar-refractivity contribution is 6.06. The number of fused-ring (bicyclic) bond motifs is 6. The van der Waals surface area contributed by atoms with Crippen molar-refractivity contribution in [3.63, 3.8) is 0 Å². The number of rotatable bonds is 6. The third kappa shape index (κ3) is 5.18. The van der Waals surface area contributed by atoms with Crippen LogP contribution in [0.4, 0.5) is 5.69 Å². The second-order valence-corrected chi connectivity index (χ2v) is 13.5. The van der Waals surface area contributed by atoms with Crippen LogP contribution in [0.5, 0.6) is 11.5 Å². The molecule has 0 unspecified atom stereocenters. The number of nitrogens with one attached hydrogen (secondary N) is 1. The number of benzene rings is 3. The Bertz CT molecular complexity index is 2060. The van der Waals surface area contributed by atoms with Crippen LogP contribution in [0.15, 0.2) is 64.1 Å². The molecule has 240 valence electrons. The van der Waals surface area contributed by atoms with Crippen LogP contribution >= 0.6 is 0 Å². The average Bonchev–Trinajstić information content (AvgIpc) is 3.77. The van der Waals surface area contributed by atoms with Crippen LogP contribution in [0.3, 0.4) is 0 Å². The topological polar surface area (TPSA) is 104 Å². The van der Waals surface area contributed by atoms with E-state index in [-0.39, 0.29) is 5.91 Å². The minimum atomic E-state index is -0.665. The van der Waals surface area contributed by atoms with Gasteiger partial charge in [0, 0.05) is 45.8 Å². The summed E-state index contributed by atoms with van der Waals surface area (Å²) in [5, 5.41) is 8.44. The van der Waals surface area contributed by atoms with Gasteiger partial charge in [-0.15, -0.1) is 0 Å². The van der Waals surface area contributed by atoms with Gasteiger partial charge >= 0.3 is 0 Å². The molecule has 0 atom stereocenters. The van der Waals surface area contributed by atoms with Crippen molar-refractivity contribution < 1.29 is 18.8 Å². The average molecular weight is 630 g/mol. The summed E-state index contributed by atoms with van der Waals surface area (Å²) in [6.07, 6.45) is 6.78. The van der Waals surface area contributed by atoms with Gasteiger partial charge in [0.05, 0.1) is 30.6 Å². The zero-order chi connectivity index (χ0) is 32.3. The third-order valence-corrected chi connectivity index (χ3v) is 10.0. The first-order chi connectivity index (χ1) is 22.8. The number of carbonyl (C=O) groups is 1. The monoisotopic (exact) mass is 629 g/mol. The number of methoxy groups -OCH3 is 1. The molecule has 0 bridgehead atoms. The van der Waals surface area contributed by atoms with E-state index in [9.17, 15) is 4.79 Å². The Balaban J connectivity index is 1.13. The second-order valence-electron chi connectivity index (χ2n) is 13.5. The molecule has 9 heteroatoms. The van der Waals surface area contributed by atoms with Crippen LogP contribution in [0.2, 0.25) is 0 Å². The van der Waals surface area contributed by atoms with Gasteiger partial charge in [-0.25, -0.2) is 0 Å². The van der Waals surface area contributed by atoms with Crippen LogP contribution in [0.25, 0.3) is 33.6 Å². The van der Waals surface area contributed by atoms with E-state index in [4.69, 9.17) is 19.0 Å². The number of hydrogen-bond donors (Lipinski definition) is 1. The fraction of sp³-hybridized carbons (Fsp3) is 0.368. The van der Waals surface area contributed by atoms with Crippen molar-refractivity contribution >= 4 is 28.2 Å². The van der Waals surface area contributed by atoms with E-state index in [2.05, 4.69) is 38.2 Å². The van der Waals surface area contributed by atoms with E-state index in [1.807, 2.05) is 50.2 Å². The zero-order valence-electron chi connectivity index (χ0n) is 27.4. The summed E-state index contributed by atoms with van der Waals surface area (Å²) in [6, 6.07) is 18.3. The van der Waals surface area contributed by atoms with Crippen molar-refractivity contribution in [3.05, 3.63) is 77.1 Å². The molecule has 1 amide bonds. The fourth-order valence-corrected chi connectivity index (χ4v) is 7.56. The minimum absolute atomic E-state index is 0.123. The Morgan fingerprint density at radius 3 is 2.68 bits per heavy atom. The molecule has 1 saturated carbocycles. The largest absolute Gasteiger partial charge is 0.497 e. The van der Waals surface area contributed by atoms with Crippen LogP contribution in [0, 0.1) is 6.92 Å². The summed E-state index contributed by atoms with van der Waals surface area (Å²) in [4.78, 5) is 23.3. The Labute approximate surface area is 274 Å². The van der Waals surface area contributed by atoms with Crippen molar-refractivity contribution in [2.24, 2.45) is 4.99 Å². The molecule has 3 aromatic carbocycles. The van der Waals surface area contributed by atoms with Crippen LogP contribution in [-0.2, 0) is 13.0 Å². The summed E-state index contributed by atoms with van der Waals surface area (Å²) < 4.78 is 19.5. The summed E-state index contributed by atoms with van der Waals surface area (Å²) in [5.74, 6) is 3.04. The maximum absolute atomic E-state index is 13.9. The van der Waals surface area contributed by atoms with Crippen LogP contribution < -0.4 is 14.8 Å². The Morgan fingerprint density at radius 1 is 1.04 bits per heavy atom. The van der Waals surface area contributed by atoms with Gasteiger partial charge in [0.1, 0.15) is 18.1 Å². The molecule has 1 aliphatic carbocycles. The van der Waals surface area contributed by atoms with Gasteiger partial charge in [-0.2, -0.15) is 4.98 Å². The van der Waals surface area contributed by atoms with Gasteiger partial charge in [0.2, 0.25) is 0 Å². The highest BCUT2D eigenvalue weighted by Crippen LogP contribution is 2.48. The van der Waals surface area contributed by atoms with Gasteiger partial charge in [-0.3, -0.25) is 9.79 Å². The highest BCUT2D eigenvalue weighted by atomic mass is 16.5. The van der Waals surface area contributed by atoms with E-state index in [0.29, 0.717) is 42.8 Å². The van der Waals surface area contributed by atoms with Crippen molar-refractivity contribution in [1.29, 1.82) is 0 Å². The Kier molecular flexibility index (Phi) is 7.15. The Hall–Kier alpha value is -4.92. The molecule has 2 aromatic heterocycles. The lowest BCUT2D eigenvalue weighted by Crippen LogP contribution is -2.49. The first-order valence-electron chi connectivity index (χ1n) is 16.6. The molecule has 0 radical (unpaired) electrons. The number of amides is 1. The van der Waals surface area contributed by atoms with Gasteiger partial charge in [-0.1, -0.05) is 36.6 Å². The molecule has 8 rings (SSSR count). The molecule has 1 N–H and O–H groups in total. The number of carbonyl (C=O) groups excluding carboxylic acids is 1. The first-order valence-corrected chi connectivity index (χ1v) is 16.6. The maximum Gasteiger partial charge on any atom is 0.257 e. The molecule has 2 aliphatic heterocycles. The maximum atomic E-state index is 13.9. The summed E-state index contributed by atoms with van der Waals surface area (Å²) >= 11 is 0. The first kappa shape index (κ1) is 29.5. The van der Waals surface area contributed by atoms with E-state index < -0.39 is 5.54 Å². The van der Waals surface area contributed by atoms with Gasteiger partial charge in [-0.05, 0) is 87.1 Å². The number of ether oxygens (including phenoxy) is 2. The van der Waals surface area contributed by atoms with Gasteiger partial charge < -0.3 is 23.9 Å². The van der Waals surface area contributed by atoms with E-state index >= 15 is 0 Å². The molecule has 4 heterocycles. The van der Waals surface area contributed by atoms with Crippen LogP contribution in [-0.4, -0.2) is 45.6 Å². The predicted molar refractivity (Wildman–Crippen MR) is 182 cm³/mol. The van der Waals surface area contributed by atoms with Crippen molar-refractivity contribution in [2.45, 2.75) is 77.3 Å². The second kappa shape index (κ2) is 11.4.